The average Bonchev–Trinajstić information content (AvgIpc) is 2.15. The van der Waals surface area contributed by atoms with E-state index in [-0.39, 0.29) is 0 Å². The molecule has 0 aromatic carbocycles. The van der Waals surface area contributed by atoms with Crippen molar-refractivity contribution in [1.82, 2.24) is 9.88 Å². The van der Waals surface area contributed by atoms with Crippen molar-refractivity contribution in [2.24, 2.45) is 5.92 Å². The summed E-state index contributed by atoms with van der Waals surface area (Å²) >= 11 is 0. The molecule has 0 saturated heterocycles. The van der Waals surface area contributed by atoms with Crippen LogP contribution in [-0.4, -0.2) is 30.0 Å². The number of rotatable bonds is 5. The van der Waals surface area contributed by atoms with Crippen molar-refractivity contribution in [2.75, 3.05) is 20.1 Å². The van der Waals surface area contributed by atoms with Gasteiger partial charge in [-0.25, -0.2) is 0 Å². The molecule has 2 heteroatoms. The molecule has 0 N–H and O–H groups in total. The van der Waals surface area contributed by atoms with Crippen molar-refractivity contribution in [2.45, 2.75) is 20.3 Å². The zero-order valence-electron chi connectivity index (χ0n) is 9.40. The van der Waals surface area contributed by atoms with Gasteiger partial charge in [0.05, 0.1) is 0 Å². The number of likely N-dealkylation sites (N-methyl/N-ethyl adjacent to an activating group) is 1. The Morgan fingerprint density at radius 3 is 2.50 bits per heavy atom. The van der Waals surface area contributed by atoms with Crippen LogP contribution in [0.15, 0.2) is 24.5 Å². The summed E-state index contributed by atoms with van der Waals surface area (Å²) in [4.78, 5) is 6.39. The third kappa shape index (κ3) is 4.38. The van der Waals surface area contributed by atoms with E-state index in [1.807, 2.05) is 12.4 Å². The van der Waals surface area contributed by atoms with Gasteiger partial charge in [-0.05, 0) is 37.1 Å². The van der Waals surface area contributed by atoms with Crippen LogP contribution in [0.4, 0.5) is 0 Å². The number of pyridine rings is 1. The standard InChI is InChI=1S/C12H20N2/c1-11(2)10-14(3)9-6-12-4-7-13-8-5-12/h4-5,7-8,11H,6,9-10H2,1-3H3. The Morgan fingerprint density at radius 2 is 1.93 bits per heavy atom. The van der Waals surface area contributed by atoms with E-state index in [1.165, 1.54) is 12.1 Å². The van der Waals surface area contributed by atoms with Gasteiger partial charge in [0.1, 0.15) is 0 Å². The molecule has 0 amide bonds. The Bertz CT molecular complexity index is 244. The van der Waals surface area contributed by atoms with Gasteiger partial charge in [-0.15, -0.1) is 0 Å². The van der Waals surface area contributed by atoms with Gasteiger partial charge in [-0.2, -0.15) is 0 Å². The molecule has 1 heterocycles. The molecule has 0 spiro atoms. The fourth-order valence-corrected chi connectivity index (χ4v) is 1.58. The molecule has 1 rings (SSSR count). The van der Waals surface area contributed by atoms with Crippen molar-refractivity contribution >= 4 is 0 Å². The zero-order valence-corrected chi connectivity index (χ0v) is 9.40. The van der Waals surface area contributed by atoms with Crippen LogP contribution in [0.2, 0.25) is 0 Å². The van der Waals surface area contributed by atoms with Gasteiger partial charge >= 0.3 is 0 Å². The van der Waals surface area contributed by atoms with Gasteiger partial charge in [-0.1, -0.05) is 13.8 Å². The van der Waals surface area contributed by atoms with Gasteiger partial charge in [0, 0.05) is 25.5 Å². The maximum absolute atomic E-state index is 4.01. The predicted molar refractivity (Wildman–Crippen MR) is 60.3 cm³/mol. The highest BCUT2D eigenvalue weighted by molar-refractivity contribution is 5.09. The number of nitrogens with zero attached hydrogens (tertiary/aromatic N) is 2. The topological polar surface area (TPSA) is 16.1 Å². The molecule has 0 radical (unpaired) electrons. The summed E-state index contributed by atoms with van der Waals surface area (Å²) in [7, 11) is 2.18. The molecule has 2 nitrogen and oxygen atoms in total. The summed E-state index contributed by atoms with van der Waals surface area (Å²) in [6.45, 7) is 6.80. The average molecular weight is 192 g/mol. The molecule has 0 saturated carbocycles. The van der Waals surface area contributed by atoms with E-state index >= 15 is 0 Å². The second-order valence-corrected chi connectivity index (χ2v) is 4.26. The summed E-state index contributed by atoms with van der Waals surface area (Å²) in [6.07, 6.45) is 4.83. The Morgan fingerprint density at radius 1 is 1.29 bits per heavy atom. The number of aromatic nitrogens is 1. The fraction of sp³-hybridized carbons (Fsp3) is 0.583. The summed E-state index contributed by atoms with van der Waals surface area (Å²) in [6, 6.07) is 4.17. The predicted octanol–water partition coefficient (Wildman–Crippen LogP) is 2.21. The first-order valence-electron chi connectivity index (χ1n) is 5.26. The lowest BCUT2D eigenvalue weighted by atomic mass is 10.1. The SMILES string of the molecule is CC(C)CN(C)CCc1ccncc1. The lowest BCUT2D eigenvalue weighted by Crippen LogP contribution is -2.25. The van der Waals surface area contributed by atoms with Crippen LogP contribution < -0.4 is 0 Å². The van der Waals surface area contributed by atoms with Crippen LogP contribution in [0.5, 0.6) is 0 Å². The van der Waals surface area contributed by atoms with Crippen molar-refractivity contribution in [1.29, 1.82) is 0 Å². The Labute approximate surface area is 87.0 Å². The van der Waals surface area contributed by atoms with Gasteiger partial charge in [-0.3, -0.25) is 4.98 Å². The first kappa shape index (κ1) is 11.2. The van der Waals surface area contributed by atoms with Crippen LogP contribution in [0, 0.1) is 5.92 Å². The second-order valence-electron chi connectivity index (χ2n) is 4.26. The first-order valence-corrected chi connectivity index (χ1v) is 5.26. The number of hydrogen-bond donors (Lipinski definition) is 0. The van der Waals surface area contributed by atoms with Crippen molar-refractivity contribution in [3.8, 4) is 0 Å². The minimum atomic E-state index is 0.748. The third-order valence-electron chi connectivity index (χ3n) is 2.21. The van der Waals surface area contributed by atoms with Gasteiger partial charge < -0.3 is 4.90 Å². The van der Waals surface area contributed by atoms with Crippen LogP contribution in [0.1, 0.15) is 19.4 Å². The second kappa shape index (κ2) is 5.76. The smallest absolute Gasteiger partial charge is 0.0270 e. The molecule has 0 unspecified atom stereocenters. The highest BCUT2D eigenvalue weighted by Gasteiger charge is 2.01. The maximum atomic E-state index is 4.01. The van der Waals surface area contributed by atoms with E-state index < -0.39 is 0 Å². The van der Waals surface area contributed by atoms with E-state index in [1.54, 1.807) is 0 Å². The summed E-state index contributed by atoms with van der Waals surface area (Å²) in [5, 5.41) is 0. The molecule has 1 aromatic heterocycles. The van der Waals surface area contributed by atoms with Crippen LogP contribution in [0.3, 0.4) is 0 Å². The third-order valence-corrected chi connectivity index (χ3v) is 2.21. The Hall–Kier alpha value is -0.890. The summed E-state index contributed by atoms with van der Waals surface area (Å²) in [5.41, 5.74) is 1.37. The molecule has 0 aliphatic rings. The molecule has 1 aromatic rings. The fourth-order valence-electron chi connectivity index (χ4n) is 1.58. The molecule has 0 aliphatic carbocycles. The highest BCUT2D eigenvalue weighted by Crippen LogP contribution is 2.01. The molecular formula is C12H20N2. The first-order chi connectivity index (χ1) is 6.68. The van der Waals surface area contributed by atoms with E-state index in [0.717, 1.165) is 18.9 Å². The molecular weight excluding hydrogens is 172 g/mol. The molecule has 0 fully saturated rings. The quantitative estimate of drug-likeness (QED) is 0.711. The normalized spacial score (nSPS) is 11.2. The van der Waals surface area contributed by atoms with Crippen LogP contribution in [0.25, 0.3) is 0 Å². The number of hydrogen-bond acceptors (Lipinski definition) is 2. The van der Waals surface area contributed by atoms with E-state index in [2.05, 4.69) is 42.9 Å². The van der Waals surface area contributed by atoms with Gasteiger partial charge in [0.25, 0.3) is 0 Å². The van der Waals surface area contributed by atoms with Crippen LogP contribution in [-0.2, 0) is 6.42 Å². The van der Waals surface area contributed by atoms with E-state index in [9.17, 15) is 0 Å². The molecule has 78 valence electrons. The summed E-state index contributed by atoms with van der Waals surface area (Å²) in [5.74, 6) is 0.748. The lowest BCUT2D eigenvalue weighted by molar-refractivity contribution is 0.299. The lowest BCUT2D eigenvalue weighted by Gasteiger charge is -2.18. The maximum Gasteiger partial charge on any atom is 0.0270 e. The van der Waals surface area contributed by atoms with Crippen molar-refractivity contribution < 1.29 is 0 Å². The monoisotopic (exact) mass is 192 g/mol. The Kier molecular flexibility index (Phi) is 4.60. The molecule has 0 atom stereocenters. The molecule has 0 bridgehead atoms. The minimum Gasteiger partial charge on any atom is -0.306 e. The van der Waals surface area contributed by atoms with Crippen molar-refractivity contribution in [3.63, 3.8) is 0 Å². The summed E-state index contributed by atoms with van der Waals surface area (Å²) < 4.78 is 0. The highest BCUT2D eigenvalue weighted by atomic mass is 15.1. The van der Waals surface area contributed by atoms with E-state index in [4.69, 9.17) is 0 Å². The van der Waals surface area contributed by atoms with Gasteiger partial charge in [0.2, 0.25) is 0 Å². The molecule has 14 heavy (non-hydrogen) atoms. The molecule has 0 aliphatic heterocycles. The zero-order chi connectivity index (χ0) is 10.4. The Balaban J connectivity index is 2.27. The van der Waals surface area contributed by atoms with Crippen molar-refractivity contribution in [3.05, 3.63) is 30.1 Å². The van der Waals surface area contributed by atoms with E-state index in [0.29, 0.717) is 0 Å². The largest absolute Gasteiger partial charge is 0.306 e. The minimum absolute atomic E-state index is 0.748. The van der Waals surface area contributed by atoms with Crippen LogP contribution >= 0.6 is 0 Å². The van der Waals surface area contributed by atoms with Gasteiger partial charge in [0.15, 0.2) is 0 Å².